The zero-order valence-electron chi connectivity index (χ0n) is 17.7. The van der Waals surface area contributed by atoms with Gasteiger partial charge in [-0.05, 0) is 69.5 Å². The molecule has 156 valence electrons. The summed E-state index contributed by atoms with van der Waals surface area (Å²) in [6.45, 7) is 9.56. The molecule has 1 unspecified atom stereocenters. The first-order valence-electron chi connectivity index (χ1n) is 9.72. The Morgan fingerprint density at radius 3 is 2.38 bits per heavy atom. The molecule has 0 heterocycles. The Bertz CT molecular complexity index is 867. The minimum Gasteiger partial charge on any atom is -0.484 e. The predicted molar refractivity (Wildman–Crippen MR) is 116 cm³/mol. The topological polar surface area (TPSA) is 58.6 Å². The average molecular weight is 417 g/mol. The number of hydrogen-bond acceptors (Lipinski definition) is 3. The third-order valence-electron chi connectivity index (χ3n) is 4.69. The van der Waals surface area contributed by atoms with Gasteiger partial charge in [-0.2, -0.15) is 0 Å². The average Bonchev–Trinajstić information content (AvgIpc) is 2.67. The molecule has 1 N–H and O–H groups in total. The highest BCUT2D eigenvalue weighted by Gasteiger charge is 2.27. The molecule has 6 heteroatoms. The molecule has 0 spiro atoms. The maximum absolute atomic E-state index is 13.0. The molecule has 0 aliphatic heterocycles. The molecule has 0 aliphatic carbocycles. The van der Waals surface area contributed by atoms with Crippen molar-refractivity contribution in [3.8, 4) is 5.75 Å². The highest BCUT2D eigenvalue weighted by Crippen LogP contribution is 2.21. The van der Waals surface area contributed by atoms with Crippen molar-refractivity contribution in [3.63, 3.8) is 0 Å². The van der Waals surface area contributed by atoms with Crippen molar-refractivity contribution in [3.05, 3.63) is 64.2 Å². The van der Waals surface area contributed by atoms with E-state index in [1.807, 2.05) is 52.0 Å². The normalized spacial score (nSPS) is 11.8. The summed E-state index contributed by atoms with van der Waals surface area (Å²) in [5.74, 6) is 0.118. The monoisotopic (exact) mass is 416 g/mol. The molecule has 0 bridgehead atoms. The number of carbonyl (C=O) groups is 2. The summed E-state index contributed by atoms with van der Waals surface area (Å²) >= 11 is 6.04. The van der Waals surface area contributed by atoms with Gasteiger partial charge in [0.25, 0.3) is 5.91 Å². The number of hydrogen-bond donors (Lipinski definition) is 1. The fourth-order valence-corrected chi connectivity index (χ4v) is 3.01. The minimum absolute atomic E-state index is 0.00587. The van der Waals surface area contributed by atoms with Crippen molar-refractivity contribution in [2.24, 2.45) is 0 Å². The van der Waals surface area contributed by atoms with E-state index in [4.69, 9.17) is 16.3 Å². The van der Waals surface area contributed by atoms with Gasteiger partial charge in [-0.15, -0.1) is 0 Å². The van der Waals surface area contributed by atoms with Gasteiger partial charge in [0.2, 0.25) is 5.91 Å². The van der Waals surface area contributed by atoms with Crippen molar-refractivity contribution >= 4 is 23.4 Å². The molecule has 0 aromatic heterocycles. The van der Waals surface area contributed by atoms with E-state index < -0.39 is 6.04 Å². The third-order valence-corrected chi connectivity index (χ3v) is 5.12. The SMILES string of the molecule is Cc1cc(OCC(=O)N(Cc2ccccc2C)C(C)C(=O)NC(C)C)ccc1Cl. The fraction of sp³-hybridized carbons (Fsp3) is 0.391. The van der Waals surface area contributed by atoms with Crippen molar-refractivity contribution < 1.29 is 14.3 Å². The Labute approximate surface area is 178 Å². The maximum atomic E-state index is 13.0. The van der Waals surface area contributed by atoms with E-state index in [2.05, 4.69) is 5.32 Å². The summed E-state index contributed by atoms with van der Waals surface area (Å²) in [6, 6.07) is 12.5. The number of amides is 2. The van der Waals surface area contributed by atoms with E-state index in [1.54, 1.807) is 30.0 Å². The lowest BCUT2D eigenvalue weighted by atomic mass is 10.1. The molecule has 2 aromatic carbocycles. The quantitative estimate of drug-likeness (QED) is 0.698. The van der Waals surface area contributed by atoms with Gasteiger partial charge in [0.05, 0.1) is 0 Å². The first kappa shape index (κ1) is 22.8. The van der Waals surface area contributed by atoms with Gasteiger partial charge < -0.3 is 15.0 Å². The molecule has 0 aliphatic rings. The Hall–Kier alpha value is -2.53. The molecular weight excluding hydrogens is 388 g/mol. The number of halogens is 1. The molecule has 2 aromatic rings. The van der Waals surface area contributed by atoms with Crippen molar-refractivity contribution in [2.75, 3.05) is 6.61 Å². The summed E-state index contributed by atoms with van der Waals surface area (Å²) in [5, 5.41) is 3.52. The number of ether oxygens (including phenoxy) is 1. The van der Waals surface area contributed by atoms with Crippen LogP contribution in [-0.4, -0.2) is 35.4 Å². The Morgan fingerprint density at radius 1 is 1.07 bits per heavy atom. The fourth-order valence-electron chi connectivity index (χ4n) is 2.89. The Balaban J connectivity index is 2.18. The second-order valence-electron chi connectivity index (χ2n) is 7.49. The lowest BCUT2D eigenvalue weighted by Crippen LogP contribution is -2.50. The van der Waals surface area contributed by atoms with Crippen LogP contribution in [0.4, 0.5) is 0 Å². The van der Waals surface area contributed by atoms with Crippen LogP contribution in [0, 0.1) is 13.8 Å². The number of aryl methyl sites for hydroxylation is 2. The van der Waals surface area contributed by atoms with Gasteiger partial charge in [-0.1, -0.05) is 35.9 Å². The zero-order valence-corrected chi connectivity index (χ0v) is 18.4. The largest absolute Gasteiger partial charge is 0.484 e. The van der Waals surface area contributed by atoms with Crippen LogP contribution in [0.15, 0.2) is 42.5 Å². The summed E-state index contributed by atoms with van der Waals surface area (Å²) < 4.78 is 5.68. The molecule has 29 heavy (non-hydrogen) atoms. The zero-order chi connectivity index (χ0) is 21.6. The van der Waals surface area contributed by atoms with Gasteiger partial charge >= 0.3 is 0 Å². The van der Waals surface area contributed by atoms with Gasteiger partial charge in [0.1, 0.15) is 11.8 Å². The lowest BCUT2D eigenvalue weighted by molar-refractivity contribution is -0.142. The summed E-state index contributed by atoms with van der Waals surface area (Å²) in [5.41, 5.74) is 2.93. The lowest BCUT2D eigenvalue weighted by Gasteiger charge is -2.29. The Kier molecular flexibility index (Phi) is 8.09. The number of nitrogens with zero attached hydrogens (tertiary/aromatic N) is 1. The van der Waals surface area contributed by atoms with E-state index in [0.29, 0.717) is 17.3 Å². The maximum Gasteiger partial charge on any atom is 0.261 e. The van der Waals surface area contributed by atoms with E-state index in [1.165, 1.54) is 0 Å². The van der Waals surface area contributed by atoms with E-state index in [0.717, 1.165) is 16.7 Å². The number of rotatable bonds is 8. The van der Waals surface area contributed by atoms with Crippen LogP contribution in [-0.2, 0) is 16.1 Å². The summed E-state index contributed by atoms with van der Waals surface area (Å²) in [4.78, 5) is 27.1. The number of carbonyl (C=O) groups excluding carboxylic acids is 2. The van der Waals surface area contributed by atoms with Crippen LogP contribution < -0.4 is 10.1 Å². The highest BCUT2D eigenvalue weighted by atomic mass is 35.5. The van der Waals surface area contributed by atoms with Gasteiger partial charge in [0.15, 0.2) is 6.61 Å². The number of benzene rings is 2. The Morgan fingerprint density at radius 2 is 1.76 bits per heavy atom. The molecule has 2 rings (SSSR count). The standard InChI is InChI=1S/C23H29ClN2O3/c1-15(2)25-23(28)18(5)26(13-19-9-7-6-8-16(19)3)22(27)14-29-20-10-11-21(24)17(4)12-20/h6-12,15,18H,13-14H2,1-5H3,(H,25,28). The molecule has 0 fully saturated rings. The predicted octanol–water partition coefficient (Wildman–Crippen LogP) is 4.28. The van der Waals surface area contributed by atoms with Crippen LogP contribution in [0.2, 0.25) is 5.02 Å². The summed E-state index contributed by atoms with van der Waals surface area (Å²) in [7, 11) is 0. The third kappa shape index (κ3) is 6.50. The summed E-state index contributed by atoms with van der Waals surface area (Å²) in [6.07, 6.45) is 0. The molecule has 0 saturated carbocycles. The number of nitrogens with one attached hydrogen (secondary N) is 1. The molecule has 1 atom stereocenters. The highest BCUT2D eigenvalue weighted by molar-refractivity contribution is 6.31. The molecule has 0 radical (unpaired) electrons. The minimum atomic E-state index is -0.625. The molecule has 2 amide bonds. The smallest absolute Gasteiger partial charge is 0.261 e. The van der Waals surface area contributed by atoms with Crippen LogP contribution in [0.1, 0.15) is 37.5 Å². The first-order valence-corrected chi connectivity index (χ1v) is 10.1. The van der Waals surface area contributed by atoms with Crippen LogP contribution in [0.5, 0.6) is 5.75 Å². The van der Waals surface area contributed by atoms with E-state index in [9.17, 15) is 9.59 Å². The van der Waals surface area contributed by atoms with Crippen molar-refractivity contribution in [1.82, 2.24) is 10.2 Å². The van der Waals surface area contributed by atoms with Gasteiger partial charge in [-0.3, -0.25) is 9.59 Å². The molecular formula is C23H29ClN2O3. The second-order valence-corrected chi connectivity index (χ2v) is 7.89. The van der Waals surface area contributed by atoms with Crippen molar-refractivity contribution in [2.45, 2.75) is 53.2 Å². The molecule has 0 saturated heterocycles. The van der Waals surface area contributed by atoms with E-state index in [-0.39, 0.29) is 24.5 Å². The van der Waals surface area contributed by atoms with Crippen molar-refractivity contribution in [1.29, 1.82) is 0 Å². The molecule has 5 nitrogen and oxygen atoms in total. The second kappa shape index (κ2) is 10.3. The van der Waals surface area contributed by atoms with Crippen LogP contribution in [0.25, 0.3) is 0 Å². The first-order chi connectivity index (χ1) is 13.7. The van der Waals surface area contributed by atoms with Crippen LogP contribution >= 0.6 is 11.6 Å². The van der Waals surface area contributed by atoms with Gasteiger partial charge in [0, 0.05) is 17.6 Å². The van der Waals surface area contributed by atoms with E-state index >= 15 is 0 Å². The van der Waals surface area contributed by atoms with Gasteiger partial charge in [-0.25, -0.2) is 0 Å². The van der Waals surface area contributed by atoms with Crippen LogP contribution in [0.3, 0.4) is 0 Å².